The summed E-state index contributed by atoms with van der Waals surface area (Å²) in [5.41, 5.74) is -0.220. The van der Waals surface area contributed by atoms with E-state index in [1.807, 2.05) is 24.3 Å². The van der Waals surface area contributed by atoms with Crippen LogP contribution in [0.2, 0.25) is 0 Å². The van der Waals surface area contributed by atoms with Crippen molar-refractivity contribution >= 4 is 33.6 Å². The summed E-state index contributed by atoms with van der Waals surface area (Å²) in [6.45, 7) is 0.368. The van der Waals surface area contributed by atoms with Gasteiger partial charge < -0.3 is 10.1 Å². The zero-order valence-corrected chi connectivity index (χ0v) is 18.1. The lowest BCUT2D eigenvalue weighted by Gasteiger charge is -2.13. The average molecular weight is 501 g/mol. The molecule has 0 bridgehead atoms. The third-order valence-corrected chi connectivity index (χ3v) is 4.88. The molecule has 1 N–H and O–H groups in total. The maximum atomic E-state index is 13.1. The van der Waals surface area contributed by atoms with Gasteiger partial charge in [0.2, 0.25) is 0 Å². The monoisotopic (exact) mass is 500 g/mol. The first-order chi connectivity index (χ1) is 15.3. The molecule has 0 spiro atoms. The van der Waals surface area contributed by atoms with Gasteiger partial charge in [-0.05, 0) is 53.6 Å². The Bertz CT molecular complexity index is 1170. The number of halogens is 4. The van der Waals surface area contributed by atoms with Gasteiger partial charge >= 0.3 is 6.18 Å². The molecule has 0 unspecified atom stereocenters. The van der Waals surface area contributed by atoms with Crippen molar-refractivity contribution in [3.63, 3.8) is 0 Å². The minimum atomic E-state index is -4.63. The number of hydrogen-bond donors (Lipinski definition) is 1. The van der Waals surface area contributed by atoms with Crippen LogP contribution in [0.3, 0.4) is 0 Å². The normalized spacial score (nSPS) is 11.5. The number of alkyl halides is 3. The molecule has 0 aliphatic carbocycles. The summed E-state index contributed by atoms with van der Waals surface area (Å²) in [6, 6.07) is 20.6. The number of para-hydroxylation sites is 1. The van der Waals surface area contributed by atoms with E-state index in [9.17, 15) is 23.2 Å². The maximum absolute atomic E-state index is 13.1. The number of rotatable bonds is 6. The van der Waals surface area contributed by atoms with Gasteiger partial charge in [-0.25, -0.2) is 0 Å². The summed E-state index contributed by atoms with van der Waals surface area (Å²) in [6.07, 6.45) is -3.34. The van der Waals surface area contributed by atoms with Gasteiger partial charge in [0.1, 0.15) is 24.0 Å². The van der Waals surface area contributed by atoms with E-state index in [2.05, 4.69) is 21.2 Å². The van der Waals surface area contributed by atoms with Crippen LogP contribution in [0.1, 0.15) is 16.7 Å². The summed E-state index contributed by atoms with van der Waals surface area (Å²) in [4.78, 5) is 12.4. The second-order valence-corrected chi connectivity index (χ2v) is 7.57. The first-order valence-corrected chi connectivity index (χ1v) is 10.1. The molecule has 3 aromatic carbocycles. The van der Waals surface area contributed by atoms with E-state index in [1.54, 1.807) is 30.3 Å². The largest absolute Gasteiger partial charge is 0.489 e. The number of nitriles is 1. The molecule has 1 amide bonds. The van der Waals surface area contributed by atoms with E-state index < -0.39 is 23.3 Å². The fourth-order valence-corrected chi connectivity index (χ4v) is 3.02. The molecule has 0 saturated carbocycles. The zero-order valence-electron chi connectivity index (χ0n) is 16.5. The van der Waals surface area contributed by atoms with Crippen LogP contribution in [-0.2, 0) is 17.6 Å². The highest BCUT2D eigenvalue weighted by molar-refractivity contribution is 9.10. The molecule has 3 rings (SSSR count). The smallest absolute Gasteiger partial charge is 0.418 e. The number of nitrogens with one attached hydrogen (secondary N) is 1. The third kappa shape index (κ3) is 6.22. The van der Waals surface area contributed by atoms with Crippen LogP contribution in [0.5, 0.6) is 5.75 Å². The van der Waals surface area contributed by atoms with Crippen LogP contribution in [0.15, 0.2) is 82.8 Å². The van der Waals surface area contributed by atoms with Gasteiger partial charge in [-0.3, -0.25) is 4.79 Å². The first-order valence-electron chi connectivity index (χ1n) is 9.33. The maximum Gasteiger partial charge on any atom is 0.418 e. The fraction of sp³-hybridized carbons (Fsp3) is 0.0833. The van der Waals surface area contributed by atoms with E-state index >= 15 is 0 Å². The number of benzene rings is 3. The lowest BCUT2D eigenvalue weighted by molar-refractivity contribution is -0.137. The second kappa shape index (κ2) is 10.2. The van der Waals surface area contributed by atoms with E-state index in [1.165, 1.54) is 18.2 Å². The third-order valence-electron chi connectivity index (χ3n) is 4.36. The molecule has 0 fully saturated rings. The van der Waals surface area contributed by atoms with Gasteiger partial charge in [0.05, 0.1) is 11.3 Å². The van der Waals surface area contributed by atoms with Crippen molar-refractivity contribution in [1.29, 1.82) is 5.26 Å². The van der Waals surface area contributed by atoms with Gasteiger partial charge in [-0.2, -0.15) is 18.4 Å². The molecule has 32 heavy (non-hydrogen) atoms. The molecule has 0 heterocycles. The van der Waals surface area contributed by atoms with Crippen molar-refractivity contribution in [2.75, 3.05) is 5.32 Å². The highest BCUT2D eigenvalue weighted by Gasteiger charge is 2.33. The van der Waals surface area contributed by atoms with Gasteiger partial charge in [-0.1, -0.05) is 52.3 Å². The average Bonchev–Trinajstić information content (AvgIpc) is 2.77. The molecular weight excluding hydrogens is 485 g/mol. The molecule has 0 radical (unpaired) electrons. The minimum absolute atomic E-state index is 0.328. The number of hydrogen-bond acceptors (Lipinski definition) is 3. The molecule has 8 heteroatoms. The van der Waals surface area contributed by atoms with Crippen LogP contribution < -0.4 is 10.1 Å². The molecule has 0 aromatic heterocycles. The lowest BCUT2D eigenvalue weighted by Crippen LogP contribution is -2.17. The van der Waals surface area contributed by atoms with Crippen molar-refractivity contribution in [3.8, 4) is 11.8 Å². The Hall–Kier alpha value is -3.57. The predicted molar refractivity (Wildman–Crippen MR) is 119 cm³/mol. The van der Waals surface area contributed by atoms with E-state index in [0.717, 1.165) is 22.2 Å². The Morgan fingerprint density at radius 1 is 1.03 bits per heavy atom. The SMILES string of the molecule is N#C/C(=C/c1ccc(OCc2ccc(Br)cc2)cc1)C(=O)Nc1ccccc1C(F)(F)F. The Morgan fingerprint density at radius 2 is 1.69 bits per heavy atom. The number of ether oxygens (including phenoxy) is 1. The minimum Gasteiger partial charge on any atom is -0.489 e. The predicted octanol–water partition coefficient (Wildman–Crippen LogP) is 6.59. The quantitative estimate of drug-likeness (QED) is 0.306. The first kappa shape index (κ1) is 23.1. The Balaban J connectivity index is 1.69. The molecular formula is C24H16BrF3N2O2. The van der Waals surface area contributed by atoms with Crippen LogP contribution in [0, 0.1) is 11.3 Å². The number of amides is 1. The van der Waals surface area contributed by atoms with Crippen LogP contribution in [0.25, 0.3) is 6.08 Å². The van der Waals surface area contributed by atoms with Crippen LogP contribution in [-0.4, -0.2) is 5.91 Å². The van der Waals surface area contributed by atoms with Gasteiger partial charge in [0.25, 0.3) is 5.91 Å². The molecule has 162 valence electrons. The van der Waals surface area contributed by atoms with Crippen molar-refractivity contribution in [2.45, 2.75) is 12.8 Å². The zero-order chi connectivity index (χ0) is 23.1. The van der Waals surface area contributed by atoms with E-state index in [4.69, 9.17) is 4.74 Å². The Kier molecular flexibility index (Phi) is 7.33. The number of carbonyl (C=O) groups is 1. The van der Waals surface area contributed by atoms with E-state index in [0.29, 0.717) is 17.9 Å². The van der Waals surface area contributed by atoms with Crippen LogP contribution >= 0.6 is 15.9 Å². The van der Waals surface area contributed by atoms with Gasteiger partial charge in [-0.15, -0.1) is 0 Å². The molecule has 4 nitrogen and oxygen atoms in total. The topological polar surface area (TPSA) is 62.1 Å². The summed E-state index contributed by atoms with van der Waals surface area (Å²) >= 11 is 3.37. The van der Waals surface area contributed by atoms with E-state index in [-0.39, 0.29) is 5.57 Å². The summed E-state index contributed by atoms with van der Waals surface area (Å²) in [5.74, 6) is -0.341. The highest BCUT2D eigenvalue weighted by Crippen LogP contribution is 2.34. The van der Waals surface area contributed by atoms with Gasteiger partial charge in [0.15, 0.2) is 0 Å². The fourth-order valence-electron chi connectivity index (χ4n) is 2.75. The summed E-state index contributed by atoms with van der Waals surface area (Å²) < 4.78 is 46.0. The number of anilines is 1. The van der Waals surface area contributed by atoms with Crippen LogP contribution in [0.4, 0.5) is 18.9 Å². The number of nitrogens with zero attached hydrogens (tertiary/aromatic N) is 1. The Labute approximate surface area is 191 Å². The van der Waals surface area contributed by atoms with Crippen molar-refractivity contribution in [1.82, 2.24) is 0 Å². The molecule has 0 aliphatic heterocycles. The molecule has 0 saturated heterocycles. The highest BCUT2D eigenvalue weighted by atomic mass is 79.9. The second-order valence-electron chi connectivity index (χ2n) is 6.65. The summed E-state index contributed by atoms with van der Waals surface area (Å²) in [5, 5.41) is 11.5. The standard InChI is InChI=1S/C24H16BrF3N2O2/c25-19-9-5-17(6-10-19)15-32-20-11-7-16(8-12-20)13-18(14-29)23(31)30-22-4-2-1-3-21(22)24(26,27)28/h1-13H,15H2,(H,30,31)/b18-13-. The molecule has 3 aromatic rings. The van der Waals surface area contributed by atoms with Crippen molar-refractivity contribution in [3.05, 3.63) is 99.5 Å². The molecule has 0 atom stereocenters. The van der Waals surface area contributed by atoms with Gasteiger partial charge in [0, 0.05) is 4.47 Å². The van der Waals surface area contributed by atoms with Crippen molar-refractivity contribution in [2.24, 2.45) is 0 Å². The Morgan fingerprint density at radius 3 is 2.31 bits per heavy atom. The lowest BCUT2D eigenvalue weighted by atomic mass is 10.1. The molecule has 0 aliphatic rings. The summed E-state index contributed by atoms with van der Waals surface area (Å²) in [7, 11) is 0. The van der Waals surface area contributed by atoms with Crippen molar-refractivity contribution < 1.29 is 22.7 Å². The number of carbonyl (C=O) groups excluding carboxylic acids is 1.